The van der Waals surface area contributed by atoms with Gasteiger partial charge in [-0.15, -0.1) is 22.7 Å². The predicted octanol–water partition coefficient (Wildman–Crippen LogP) is 5.41. The molecule has 1 N–H and O–H groups in total. The third-order valence-electron chi connectivity index (χ3n) is 8.88. The maximum Gasteiger partial charge on any atom is 0.434 e. The van der Waals surface area contributed by atoms with Crippen LogP contribution in [0.25, 0.3) is 21.4 Å². The molecule has 1 saturated heterocycles. The van der Waals surface area contributed by atoms with E-state index in [1.165, 1.54) is 30.5 Å². The second-order valence-corrected chi connectivity index (χ2v) is 13.9. The third-order valence-corrected chi connectivity index (χ3v) is 10.6. The van der Waals surface area contributed by atoms with E-state index in [0.717, 1.165) is 36.0 Å². The topological polar surface area (TPSA) is 136 Å². The van der Waals surface area contributed by atoms with E-state index in [2.05, 4.69) is 20.3 Å². The molecule has 2 fully saturated rings. The van der Waals surface area contributed by atoms with Crippen molar-refractivity contribution in [3.8, 4) is 33.0 Å². The molecule has 3 amide bonds. The van der Waals surface area contributed by atoms with Gasteiger partial charge in [-0.1, -0.05) is 12.2 Å². The molecule has 0 unspecified atom stereocenters. The Labute approximate surface area is 288 Å². The SMILES string of the molecule is COC(=O)[C@@]12C[C@H]1/C=C\CCCCN(C)C(=O)N1CC[C@H](Oc3cc(-c4sccc4OC)nc(-c4nc(C(F)(F)F)cs4)n3)C[C@H]1C(=O)N2. The Morgan fingerprint density at radius 3 is 2.67 bits per heavy atom. The fraction of sp³-hybridized carbons (Fsp3) is 0.500. The highest BCUT2D eigenvalue weighted by atomic mass is 32.1. The molecule has 3 aromatic heterocycles. The zero-order chi connectivity index (χ0) is 34.9. The van der Waals surface area contributed by atoms with Crippen molar-refractivity contribution in [3.63, 3.8) is 0 Å². The number of fused-ring (bicyclic) bond motifs is 2. The number of amides is 3. The molecule has 0 radical (unpaired) electrons. The first kappa shape index (κ1) is 34.6. The molecule has 49 heavy (non-hydrogen) atoms. The van der Waals surface area contributed by atoms with Gasteiger partial charge in [-0.25, -0.2) is 19.6 Å². The number of esters is 1. The van der Waals surface area contributed by atoms with Crippen LogP contribution in [0.2, 0.25) is 0 Å². The van der Waals surface area contributed by atoms with Crippen molar-refractivity contribution < 1.29 is 41.8 Å². The molecule has 5 heterocycles. The first-order chi connectivity index (χ1) is 23.4. The second-order valence-electron chi connectivity index (χ2n) is 12.1. The monoisotopic (exact) mass is 720 g/mol. The lowest BCUT2D eigenvalue weighted by Gasteiger charge is -2.40. The number of thiophene rings is 1. The maximum absolute atomic E-state index is 14.0. The van der Waals surface area contributed by atoms with E-state index in [1.807, 2.05) is 12.2 Å². The number of carbonyl (C=O) groups excluding carboxylic acids is 3. The molecule has 12 nitrogen and oxygen atoms in total. The normalized spacial score (nSPS) is 25.4. The molecule has 17 heteroatoms. The van der Waals surface area contributed by atoms with E-state index in [9.17, 15) is 27.6 Å². The molecular weight excluding hydrogens is 686 g/mol. The molecule has 1 aliphatic carbocycles. The summed E-state index contributed by atoms with van der Waals surface area (Å²) in [4.78, 5) is 56.9. The summed E-state index contributed by atoms with van der Waals surface area (Å²) in [5.41, 5.74) is -1.92. The highest BCUT2D eigenvalue weighted by Gasteiger charge is 2.62. The number of rotatable bonds is 6. The van der Waals surface area contributed by atoms with Gasteiger partial charge in [0.05, 0.1) is 24.8 Å². The van der Waals surface area contributed by atoms with Crippen LogP contribution in [0.1, 0.15) is 44.2 Å². The molecule has 3 aromatic rings. The number of urea groups is 1. The fourth-order valence-electron chi connectivity index (χ4n) is 6.16. The van der Waals surface area contributed by atoms with Crippen LogP contribution in [0, 0.1) is 5.92 Å². The number of aromatic nitrogens is 3. The minimum absolute atomic E-state index is 0.0513. The van der Waals surface area contributed by atoms with E-state index in [4.69, 9.17) is 14.2 Å². The lowest BCUT2D eigenvalue weighted by molar-refractivity contribution is -0.147. The number of nitrogens with one attached hydrogen (secondary N) is 1. The Hall–Kier alpha value is -4.25. The smallest absolute Gasteiger partial charge is 0.434 e. The Kier molecular flexibility index (Phi) is 9.84. The largest absolute Gasteiger partial charge is 0.495 e. The summed E-state index contributed by atoms with van der Waals surface area (Å²) >= 11 is 2.07. The van der Waals surface area contributed by atoms with Crippen LogP contribution in [0.5, 0.6) is 11.6 Å². The molecule has 6 rings (SSSR count). The van der Waals surface area contributed by atoms with Crippen molar-refractivity contribution in [3.05, 3.63) is 40.7 Å². The number of ether oxygens (including phenoxy) is 3. The van der Waals surface area contributed by atoms with E-state index in [-0.39, 0.29) is 41.6 Å². The van der Waals surface area contributed by atoms with Gasteiger partial charge in [0.1, 0.15) is 23.4 Å². The van der Waals surface area contributed by atoms with Gasteiger partial charge in [0, 0.05) is 50.3 Å². The van der Waals surface area contributed by atoms with Gasteiger partial charge in [-0.2, -0.15) is 18.2 Å². The minimum Gasteiger partial charge on any atom is -0.495 e. The van der Waals surface area contributed by atoms with Crippen LogP contribution in [0.15, 0.2) is 35.0 Å². The van der Waals surface area contributed by atoms with Crippen LogP contribution < -0.4 is 14.8 Å². The molecule has 262 valence electrons. The third kappa shape index (κ3) is 7.22. The number of thiazole rings is 1. The molecular formula is C32H35F3N6O6S2. The highest BCUT2D eigenvalue weighted by molar-refractivity contribution is 7.14. The first-order valence-electron chi connectivity index (χ1n) is 15.7. The van der Waals surface area contributed by atoms with Crippen LogP contribution in [-0.2, 0) is 20.5 Å². The van der Waals surface area contributed by atoms with Crippen molar-refractivity contribution in [1.29, 1.82) is 0 Å². The van der Waals surface area contributed by atoms with E-state index in [1.54, 1.807) is 29.5 Å². The van der Waals surface area contributed by atoms with Crippen molar-refractivity contribution in [2.45, 2.75) is 62.4 Å². The van der Waals surface area contributed by atoms with Gasteiger partial charge in [0.15, 0.2) is 16.5 Å². The number of hydrogen-bond donors (Lipinski definition) is 1. The Morgan fingerprint density at radius 2 is 1.94 bits per heavy atom. The lowest BCUT2D eigenvalue weighted by Crippen LogP contribution is -2.60. The van der Waals surface area contributed by atoms with E-state index < -0.39 is 41.4 Å². The van der Waals surface area contributed by atoms with Crippen molar-refractivity contribution in [2.75, 3.05) is 34.4 Å². The maximum atomic E-state index is 14.0. The number of halogens is 3. The van der Waals surface area contributed by atoms with Gasteiger partial charge in [0.2, 0.25) is 11.8 Å². The molecule has 1 saturated carbocycles. The molecule has 3 aliphatic rings. The summed E-state index contributed by atoms with van der Waals surface area (Å²) in [5, 5.41) is 5.54. The molecule has 2 aliphatic heterocycles. The standard InChI is InChI=1S/C32H35F3N6O6S2/c1-40-11-7-5-4-6-8-18-16-31(18,29(43)46-3)39-27(42)21-14-19(9-12-41(21)30(40)44)47-24-15-20(25-22(45-2)10-13-48-25)36-26(38-24)28-37-23(17-49-28)32(33,34)35/h6,8,10,13,15,17-19,21H,4-5,7,9,11-12,14,16H2,1-3H3,(H,39,42)/b8-6-/t18-,19+,21+,31-/m1/s1. The Bertz CT molecular complexity index is 1750. The number of piperidine rings is 1. The van der Waals surface area contributed by atoms with Gasteiger partial charge < -0.3 is 29.3 Å². The summed E-state index contributed by atoms with van der Waals surface area (Å²) in [7, 11) is 4.46. The van der Waals surface area contributed by atoms with Crippen LogP contribution in [-0.4, -0.2) is 94.7 Å². The average molecular weight is 721 g/mol. The van der Waals surface area contributed by atoms with Crippen molar-refractivity contribution in [2.24, 2.45) is 5.92 Å². The van der Waals surface area contributed by atoms with Crippen molar-refractivity contribution in [1.82, 2.24) is 30.1 Å². The number of carbonyl (C=O) groups is 3. The zero-order valence-electron chi connectivity index (χ0n) is 27.0. The molecule has 0 bridgehead atoms. The zero-order valence-corrected chi connectivity index (χ0v) is 28.6. The van der Waals surface area contributed by atoms with Gasteiger partial charge in [0.25, 0.3) is 0 Å². The lowest BCUT2D eigenvalue weighted by atomic mass is 9.98. The summed E-state index contributed by atoms with van der Waals surface area (Å²) < 4.78 is 57.0. The quantitative estimate of drug-likeness (QED) is 0.262. The molecule has 0 aromatic carbocycles. The number of alkyl halides is 3. The Balaban J connectivity index is 1.31. The van der Waals surface area contributed by atoms with Gasteiger partial charge in [-0.3, -0.25) is 4.79 Å². The minimum atomic E-state index is -4.64. The van der Waals surface area contributed by atoms with Gasteiger partial charge >= 0.3 is 18.2 Å². The summed E-state index contributed by atoms with van der Waals surface area (Å²) in [6.45, 7) is 0.684. The highest BCUT2D eigenvalue weighted by Crippen LogP contribution is 2.46. The summed E-state index contributed by atoms with van der Waals surface area (Å²) in [6.07, 6.45) is 1.87. The predicted molar refractivity (Wildman–Crippen MR) is 174 cm³/mol. The number of nitrogens with zero attached hydrogens (tertiary/aromatic N) is 5. The van der Waals surface area contributed by atoms with Gasteiger partial charge in [-0.05, 0) is 37.1 Å². The van der Waals surface area contributed by atoms with Crippen molar-refractivity contribution >= 4 is 40.6 Å². The first-order valence-corrected chi connectivity index (χ1v) is 17.5. The second kappa shape index (κ2) is 13.9. The average Bonchev–Trinajstić information content (AvgIpc) is 3.41. The molecule has 4 atom stereocenters. The Morgan fingerprint density at radius 1 is 1.12 bits per heavy atom. The number of methoxy groups -OCH3 is 2. The van der Waals surface area contributed by atoms with Crippen LogP contribution in [0.3, 0.4) is 0 Å². The van der Waals surface area contributed by atoms with E-state index >= 15 is 0 Å². The summed E-state index contributed by atoms with van der Waals surface area (Å²) in [6, 6.07) is 1.99. The molecule has 0 spiro atoms. The number of allylic oxidation sites excluding steroid dienone is 1. The fourth-order valence-corrected chi connectivity index (χ4v) is 7.74. The number of hydrogen-bond acceptors (Lipinski definition) is 11. The van der Waals surface area contributed by atoms with E-state index in [0.29, 0.717) is 35.7 Å². The van der Waals surface area contributed by atoms with Crippen LogP contribution in [0.4, 0.5) is 18.0 Å². The summed E-state index contributed by atoms with van der Waals surface area (Å²) in [5.74, 6) is -0.798. The van der Waals surface area contributed by atoms with Crippen LogP contribution >= 0.6 is 22.7 Å².